The number of anilines is 2. The van der Waals surface area contributed by atoms with Crippen LogP contribution in [0.15, 0.2) is 61.4 Å². The molecule has 3 rings (SSSR count). The van der Waals surface area contributed by atoms with Crippen LogP contribution in [0.3, 0.4) is 0 Å². The summed E-state index contributed by atoms with van der Waals surface area (Å²) in [6.07, 6.45) is 8.59. The van der Waals surface area contributed by atoms with Crippen LogP contribution in [0.4, 0.5) is 11.6 Å². The molecule has 2 aromatic heterocycles. The molecule has 0 unspecified atom stereocenters. The van der Waals surface area contributed by atoms with Crippen molar-refractivity contribution in [3.05, 3.63) is 61.4 Å². The molecular formula is C13H11N5. The number of imidazole rings is 1. The minimum Gasteiger partial charge on any atom is -0.325 e. The number of hydrogen-bond donors (Lipinski definition) is 1. The van der Waals surface area contributed by atoms with E-state index in [0.29, 0.717) is 0 Å². The third kappa shape index (κ3) is 2.06. The average molecular weight is 237 g/mol. The number of rotatable bonds is 3. The Labute approximate surface area is 104 Å². The lowest BCUT2D eigenvalue weighted by Gasteiger charge is -2.08. The van der Waals surface area contributed by atoms with E-state index in [1.165, 1.54) is 6.33 Å². The van der Waals surface area contributed by atoms with E-state index in [0.717, 1.165) is 17.3 Å². The quantitative estimate of drug-likeness (QED) is 0.760. The molecule has 0 fully saturated rings. The van der Waals surface area contributed by atoms with Crippen LogP contribution in [0.2, 0.25) is 0 Å². The molecular weight excluding hydrogens is 226 g/mol. The fourth-order valence-electron chi connectivity index (χ4n) is 1.67. The molecule has 5 nitrogen and oxygen atoms in total. The van der Waals surface area contributed by atoms with Gasteiger partial charge in [-0.15, -0.1) is 0 Å². The van der Waals surface area contributed by atoms with Crippen molar-refractivity contribution < 1.29 is 0 Å². The minimum atomic E-state index is 0.732. The number of nitrogens with one attached hydrogen (secondary N) is 1. The van der Waals surface area contributed by atoms with Gasteiger partial charge in [-0.3, -0.25) is 4.57 Å². The summed E-state index contributed by atoms with van der Waals surface area (Å²) in [5.41, 5.74) is 1.86. The molecule has 0 aliphatic rings. The van der Waals surface area contributed by atoms with Gasteiger partial charge in [-0.1, -0.05) is 18.2 Å². The van der Waals surface area contributed by atoms with Crippen LogP contribution >= 0.6 is 0 Å². The highest BCUT2D eigenvalue weighted by Crippen LogP contribution is 2.17. The topological polar surface area (TPSA) is 55.6 Å². The molecule has 0 atom stereocenters. The number of aromatic nitrogens is 4. The summed E-state index contributed by atoms with van der Waals surface area (Å²) < 4.78 is 1.90. The molecule has 2 heterocycles. The lowest BCUT2D eigenvalue weighted by molar-refractivity contribution is 1.01. The van der Waals surface area contributed by atoms with Crippen molar-refractivity contribution >= 4 is 11.6 Å². The molecule has 5 heteroatoms. The summed E-state index contributed by atoms with van der Waals surface area (Å²) in [4.78, 5) is 12.3. The number of nitrogens with zero attached hydrogens (tertiary/aromatic N) is 4. The molecule has 1 N–H and O–H groups in total. The number of hydrogen-bond acceptors (Lipinski definition) is 4. The highest BCUT2D eigenvalue weighted by Gasteiger charge is 2.04. The van der Waals surface area contributed by atoms with Crippen molar-refractivity contribution in [2.24, 2.45) is 0 Å². The minimum absolute atomic E-state index is 0.732. The maximum Gasteiger partial charge on any atom is 0.212 e. The normalized spacial score (nSPS) is 10.2. The standard InChI is InChI=1S/C13H11N5/c1-2-4-11(5-3-1)17-13-16-6-7-18(13)12-8-14-10-15-9-12/h1-10H,(H,16,17). The first-order chi connectivity index (χ1) is 8.93. The van der Waals surface area contributed by atoms with Crippen molar-refractivity contribution in [3.8, 4) is 5.69 Å². The average Bonchev–Trinajstić information content (AvgIpc) is 2.89. The fraction of sp³-hybridized carbons (Fsp3) is 0. The smallest absolute Gasteiger partial charge is 0.212 e. The summed E-state index contributed by atoms with van der Waals surface area (Å²) >= 11 is 0. The van der Waals surface area contributed by atoms with E-state index in [9.17, 15) is 0 Å². The molecule has 1 aromatic carbocycles. The maximum absolute atomic E-state index is 4.28. The zero-order valence-corrected chi connectivity index (χ0v) is 9.56. The van der Waals surface area contributed by atoms with Crippen LogP contribution in [-0.4, -0.2) is 19.5 Å². The van der Waals surface area contributed by atoms with E-state index < -0.39 is 0 Å². The first-order valence-electron chi connectivity index (χ1n) is 5.54. The van der Waals surface area contributed by atoms with Crippen molar-refractivity contribution in [2.75, 3.05) is 5.32 Å². The van der Waals surface area contributed by atoms with E-state index >= 15 is 0 Å². The molecule has 0 amide bonds. The second kappa shape index (κ2) is 4.67. The SMILES string of the molecule is c1ccc(Nc2nccn2-c2cncnc2)cc1. The molecule has 3 aromatic rings. The van der Waals surface area contributed by atoms with E-state index in [4.69, 9.17) is 0 Å². The third-order valence-electron chi connectivity index (χ3n) is 2.50. The summed E-state index contributed by atoms with van der Waals surface area (Å²) in [5, 5.41) is 3.25. The van der Waals surface area contributed by atoms with Gasteiger partial charge in [0.05, 0.1) is 18.1 Å². The Bertz CT molecular complexity index is 618. The third-order valence-corrected chi connectivity index (χ3v) is 2.50. The van der Waals surface area contributed by atoms with Gasteiger partial charge in [-0.05, 0) is 12.1 Å². The molecule has 0 aliphatic carbocycles. The van der Waals surface area contributed by atoms with E-state index in [1.54, 1.807) is 18.6 Å². The maximum atomic E-state index is 4.28. The zero-order chi connectivity index (χ0) is 12.2. The first kappa shape index (κ1) is 10.5. The van der Waals surface area contributed by atoms with Gasteiger partial charge in [0.15, 0.2) is 0 Å². The summed E-state index contributed by atoms with van der Waals surface area (Å²) in [6.45, 7) is 0. The van der Waals surface area contributed by atoms with Gasteiger partial charge in [0, 0.05) is 18.1 Å². The van der Waals surface area contributed by atoms with Gasteiger partial charge in [-0.25, -0.2) is 15.0 Å². The predicted octanol–water partition coefficient (Wildman–Crippen LogP) is 2.41. The molecule has 0 spiro atoms. The predicted molar refractivity (Wildman–Crippen MR) is 68.9 cm³/mol. The molecule has 0 radical (unpaired) electrons. The van der Waals surface area contributed by atoms with Crippen LogP contribution < -0.4 is 5.32 Å². The van der Waals surface area contributed by atoms with Crippen LogP contribution in [0, 0.1) is 0 Å². The van der Waals surface area contributed by atoms with Crippen molar-refractivity contribution in [2.45, 2.75) is 0 Å². The van der Waals surface area contributed by atoms with Crippen LogP contribution in [0.25, 0.3) is 5.69 Å². The lowest BCUT2D eigenvalue weighted by Crippen LogP contribution is -2.01. The Hall–Kier alpha value is -2.69. The van der Waals surface area contributed by atoms with E-state index in [-0.39, 0.29) is 0 Å². The van der Waals surface area contributed by atoms with Crippen molar-refractivity contribution in [1.82, 2.24) is 19.5 Å². The summed E-state index contributed by atoms with van der Waals surface area (Å²) in [7, 11) is 0. The highest BCUT2D eigenvalue weighted by molar-refractivity contribution is 5.55. The lowest BCUT2D eigenvalue weighted by atomic mass is 10.3. The van der Waals surface area contributed by atoms with Gasteiger partial charge in [-0.2, -0.15) is 0 Å². The monoisotopic (exact) mass is 237 g/mol. The van der Waals surface area contributed by atoms with Gasteiger partial charge in [0.25, 0.3) is 0 Å². The zero-order valence-electron chi connectivity index (χ0n) is 9.56. The van der Waals surface area contributed by atoms with E-state index in [1.807, 2.05) is 41.1 Å². The van der Waals surface area contributed by atoms with Crippen molar-refractivity contribution in [1.29, 1.82) is 0 Å². The van der Waals surface area contributed by atoms with Gasteiger partial charge >= 0.3 is 0 Å². The van der Waals surface area contributed by atoms with Crippen LogP contribution in [0.1, 0.15) is 0 Å². The summed E-state index contributed by atoms with van der Waals surface area (Å²) in [5.74, 6) is 0.732. The van der Waals surface area contributed by atoms with Gasteiger partial charge in [0.1, 0.15) is 6.33 Å². The van der Waals surface area contributed by atoms with E-state index in [2.05, 4.69) is 20.3 Å². The first-order valence-corrected chi connectivity index (χ1v) is 5.54. The largest absolute Gasteiger partial charge is 0.325 e. The van der Waals surface area contributed by atoms with Crippen LogP contribution in [0.5, 0.6) is 0 Å². The van der Waals surface area contributed by atoms with Gasteiger partial charge < -0.3 is 5.32 Å². The van der Waals surface area contributed by atoms with Gasteiger partial charge in [0.2, 0.25) is 5.95 Å². The fourth-order valence-corrected chi connectivity index (χ4v) is 1.67. The Balaban J connectivity index is 1.93. The highest BCUT2D eigenvalue weighted by atomic mass is 15.2. The molecule has 0 saturated heterocycles. The van der Waals surface area contributed by atoms with Crippen molar-refractivity contribution in [3.63, 3.8) is 0 Å². The Morgan fingerprint density at radius 2 is 1.78 bits per heavy atom. The molecule has 0 bridgehead atoms. The second-order valence-corrected chi connectivity index (χ2v) is 3.71. The Morgan fingerprint density at radius 1 is 1.00 bits per heavy atom. The molecule has 88 valence electrons. The van der Waals surface area contributed by atoms with Crippen LogP contribution in [-0.2, 0) is 0 Å². The number of benzene rings is 1. The number of para-hydroxylation sites is 1. The molecule has 0 saturated carbocycles. The molecule has 18 heavy (non-hydrogen) atoms. The molecule has 0 aliphatic heterocycles. The second-order valence-electron chi connectivity index (χ2n) is 3.71. The summed E-state index contributed by atoms with van der Waals surface area (Å²) in [6, 6.07) is 9.90. The Morgan fingerprint density at radius 3 is 2.56 bits per heavy atom. The Kier molecular flexibility index (Phi) is 2.71.